The molecule has 0 bridgehead atoms. The number of rotatable bonds is 0. The summed E-state index contributed by atoms with van der Waals surface area (Å²) in [7, 11) is 0. The van der Waals surface area contributed by atoms with E-state index in [9.17, 15) is 0 Å². The molecule has 3 atom stereocenters. The zero-order valence-electron chi connectivity index (χ0n) is 3.55. The van der Waals surface area contributed by atoms with Gasteiger partial charge < -0.3 is 9.47 Å². The second-order valence-corrected chi connectivity index (χ2v) is 1.81. The molecule has 0 aromatic heterocycles. The van der Waals surface area contributed by atoms with Gasteiger partial charge in [-0.3, -0.25) is 0 Å². The monoisotopic (exact) mass is 86.0 g/mol. The van der Waals surface area contributed by atoms with E-state index < -0.39 is 0 Å². The zero-order chi connectivity index (χ0) is 4.15. The molecule has 0 saturated carbocycles. The fraction of sp³-hybridized carbons (Fsp3) is 1.00. The van der Waals surface area contributed by atoms with Gasteiger partial charge in [0.2, 0.25) is 0 Å². The molecule has 2 rings (SSSR count). The van der Waals surface area contributed by atoms with Gasteiger partial charge in [-0.05, 0) is 6.92 Å². The Morgan fingerprint density at radius 2 is 2.17 bits per heavy atom. The van der Waals surface area contributed by atoms with Crippen LogP contribution in [0.15, 0.2) is 0 Å². The van der Waals surface area contributed by atoms with E-state index >= 15 is 0 Å². The summed E-state index contributed by atoms with van der Waals surface area (Å²) < 4.78 is 9.91. The first-order valence-electron chi connectivity index (χ1n) is 2.19. The molecule has 2 heteroatoms. The lowest BCUT2D eigenvalue weighted by Crippen LogP contribution is -2.29. The van der Waals surface area contributed by atoms with Gasteiger partial charge in [-0.15, -0.1) is 0 Å². The minimum Gasteiger partial charge on any atom is -0.344 e. The van der Waals surface area contributed by atoms with Crippen molar-refractivity contribution >= 4 is 0 Å². The van der Waals surface area contributed by atoms with Crippen LogP contribution >= 0.6 is 0 Å². The first-order valence-corrected chi connectivity index (χ1v) is 2.19. The first-order chi connectivity index (χ1) is 2.88. The summed E-state index contributed by atoms with van der Waals surface area (Å²) in [4.78, 5) is 0. The van der Waals surface area contributed by atoms with Crippen LogP contribution in [0.4, 0.5) is 0 Å². The van der Waals surface area contributed by atoms with Crippen molar-refractivity contribution in [1.82, 2.24) is 0 Å². The van der Waals surface area contributed by atoms with Gasteiger partial charge in [0.25, 0.3) is 0 Å². The number of hydrogen-bond donors (Lipinski definition) is 0. The van der Waals surface area contributed by atoms with Gasteiger partial charge in [0.1, 0.15) is 6.10 Å². The Balaban J connectivity index is 2.08. The smallest absolute Gasteiger partial charge is 0.187 e. The molecule has 2 saturated heterocycles. The lowest BCUT2D eigenvalue weighted by molar-refractivity contribution is -0.0307. The fourth-order valence-corrected chi connectivity index (χ4v) is 0.750. The minimum absolute atomic E-state index is 0.208. The summed E-state index contributed by atoms with van der Waals surface area (Å²) >= 11 is 0. The molecule has 0 aliphatic carbocycles. The van der Waals surface area contributed by atoms with Crippen LogP contribution < -0.4 is 0 Å². The van der Waals surface area contributed by atoms with Gasteiger partial charge in [0, 0.05) is 0 Å². The van der Waals surface area contributed by atoms with Crippen molar-refractivity contribution in [2.75, 3.05) is 0 Å². The van der Waals surface area contributed by atoms with Crippen LogP contribution in [0, 0.1) is 0 Å². The normalized spacial score (nSPS) is 62.5. The number of fused-ring (bicyclic) bond motifs is 1. The Morgan fingerprint density at radius 3 is 2.17 bits per heavy atom. The van der Waals surface area contributed by atoms with Crippen molar-refractivity contribution in [2.24, 2.45) is 0 Å². The third-order valence-corrected chi connectivity index (χ3v) is 1.29. The summed E-state index contributed by atoms with van der Waals surface area (Å²) in [6, 6.07) is 0. The molecule has 2 nitrogen and oxygen atoms in total. The number of hydrogen-bond acceptors (Lipinski definition) is 2. The topological polar surface area (TPSA) is 21.8 Å². The maximum atomic E-state index is 4.99. The summed E-state index contributed by atoms with van der Waals surface area (Å²) in [5.41, 5.74) is 0. The van der Waals surface area contributed by atoms with Crippen molar-refractivity contribution in [1.29, 1.82) is 0 Å². The molecule has 2 fully saturated rings. The van der Waals surface area contributed by atoms with Gasteiger partial charge in [0.05, 0.1) is 6.10 Å². The van der Waals surface area contributed by atoms with Crippen LogP contribution in [-0.2, 0) is 9.47 Å². The van der Waals surface area contributed by atoms with Crippen LogP contribution in [0.3, 0.4) is 0 Å². The predicted octanol–water partition coefficient (Wildman–Crippen LogP) is 0.130. The van der Waals surface area contributed by atoms with Gasteiger partial charge >= 0.3 is 0 Å². The Bertz CT molecular complexity index is 81.6. The van der Waals surface area contributed by atoms with E-state index in [2.05, 4.69) is 0 Å². The molecule has 6 heavy (non-hydrogen) atoms. The molecule has 0 spiro atoms. The van der Waals surface area contributed by atoms with E-state index in [0.29, 0.717) is 12.2 Å². The van der Waals surface area contributed by atoms with E-state index in [1.807, 2.05) is 6.92 Å². The Kier molecular flexibility index (Phi) is 0.316. The molecule has 3 unspecified atom stereocenters. The van der Waals surface area contributed by atoms with E-state index in [1.54, 1.807) is 0 Å². The van der Waals surface area contributed by atoms with Gasteiger partial charge in [-0.1, -0.05) is 0 Å². The van der Waals surface area contributed by atoms with Crippen LogP contribution in [0.25, 0.3) is 0 Å². The highest BCUT2D eigenvalue weighted by molar-refractivity contribution is 4.92. The molecular weight excluding hydrogens is 80.0 g/mol. The van der Waals surface area contributed by atoms with Crippen LogP contribution in [0.5, 0.6) is 0 Å². The predicted molar refractivity (Wildman–Crippen MR) is 19.2 cm³/mol. The average molecular weight is 86.1 g/mol. The summed E-state index contributed by atoms with van der Waals surface area (Å²) in [5, 5.41) is 0. The maximum absolute atomic E-state index is 4.99. The fourth-order valence-electron chi connectivity index (χ4n) is 0.750. The molecule has 0 aromatic carbocycles. The van der Waals surface area contributed by atoms with E-state index in [1.165, 1.54) is 0 Å². The standard InChI is InChI=1S/C4H6O2/c1-2-3-4(5-2)6-3/h2-4H,1H3. The SMILES string of the molecule is CC1OC2OC12. The zero-order valence-corrected chi connectivity index (χ0v) is 3.55. The lowest BCUT2D eigenvalue weighted by atomic mass is 10.2. The van der Waals surface area contributed by atoms with Crippen molar-refractivity contribution in [2.45, 2.75) is 25.4 Å². The van der Waals surface area contributed by atoms with Crippen LogP contribution in [0.1, 0.15) is 6.92 Å². The van der Waals surface area contributed by atoms with Crippen molar-refractivity contribution in [3.05, 3.63) is 0 Å². The molecular formula is C4H6O2. The molecule has 2 heterocycles. The number of ether oxygens (including phenoxy) is 2. The highest BCUT2D eigenvalue weighted by atomic mass is 16.8. The minimum atomic E-state index is 0.208. The maximum Gasteiger partial charge on any atom is 0.187 e. The average Bonchev–Trinajstić information content (AvgIpc) is 2.12. The third kappa shape index (κ3) is 0.172. The van der Waals surface area contributed by atoms with E-state index in [0.717, 1.165) is 0 Å². The van der Waals surface area contributed by atoms with Gasteiger partial charge in [-0.25, -0.2) is 0 Å². The van der Waals surface area contributed by atoms with Crippen molar-refractivity contribution in [3.8, 4) is 0 Å². The largest absolute Gasteiger partial charge is 0.344 e. The van der Waals surface area contributed by atoms with Crippen molar-refractivity contribution in [3.63, 3.8) is 0 Å². The van der Waals surface area contributed by atoms with Gasteiger partial charge in [-0.2, -0.15) is 0 Å². The molecule has 0 amide bonds. The van der Waals surface area contributed by atoms with Gasteiger partial charge in [0.15, 0.2) is 6.29 Å². The first kappa shape index (κ1) is 2.99. The van der Waals surface area contributed by atoms with Crippen LogP contribution in [0.2, 0.25) is 0 Å². The van der Waals surface area contributed by atoms with E-state index in [4.69, 9.17) is 9.47 Å². The Hall–Kier alpha value is -0.0800. The van der Waals surface area contributed by atoms with Crippen molar-refractivity contribution < 1.29 is 9.47 Å². The third-order valence-electron chi connectivity index (χ3n) is 1.29. The van der Waals surface area contributed by atoms with Crippen LogP contribution in [-0.4, -0.2) is 18.5 Å². The quantitative estimate of drug-likeness (QED) is 0.391. The molecule has 2 aliphatic heterocycles. The second kappa shape index (κ2) is 0.634. The molecule has 0 aromatic rings. The molecule has 34 valence electrons. The Labute approximate surface area is 36.0 Å². The molecule has 0 radical (unpaired) electrons. The lowest BCUT2D eigenvalue weighted by Gasteiger charge is -2.13. The summed E-state index contributed by atoms with van der Waals surface area (Å²) in [5.74, 6) is 0. The molecule has 2 aliphatic rings. The summed E-state index contributed by atoms with van der Waals surface area (Å²) in [6.45, 7) is 2.02. The number of epoxide rings is 1. The highest BCUT2D eigenvalue weighted by Crippen LogP contribution is 2.39. The highest BCUT2D eigenvalue weighted by Gasteiger charge is 2.55. The molecule has 0 N–H and O–H groups in total. The second-order valence-electron chi connectivity index (χ2n) is 1.81. The van der Waals surface area contributed by atoms with E-state index in [-0.39, 0.29) is 6.29 Å². The summed E-state index contributed by atoms with van der Waals surface area (Å²) in [6.07, 6.45) is 1.07. The Morgan fingerprint density at radius 1 is 1.33 bits per heavy atom.